The number of nitrogens with zero attached hydrogens (tertiary/aromatic N) is 1. The van der Waals surface area contributed by atoms with Crippen LogP contribution in [-0.4, -0.2) is 10.2 Å². The van der Waals surface area contributed by atoms with Gasteiger partial charge in [0.05, 0.1) is 23.1 Å². The van der Waals surface area contributed by atoms with E-state index in [2.05, 4.69) is 10.2 Å². The Morgan fingerprint density at radius 2 is 1.73 bits per heavy atom. The Bertz CT molecular complexity index is 484. The minimum atomic E-state index is -1.02. The Kier molecular flexibility index (Phi) is 2.11. The maximum absolute atomic E-state index is 13.3. The predicted molar refractivity (Wildman–Crippen MR) is 48.3 cm³/mol. The van der Waals surface area contributed by atoms with Crippen LogP contribution in [0.2, 0.25) is 0 Å². The maximum atomic E-state index is 13.3. The number of nitrogens with one attached hydrogen (secondary N) is 1. The second kappa shape index (κ2) is 3.30. The minimum absolute atomic E-state index is 0.00463. The molecule has 0 spiro atoms. The molecule has 6 heteroatoms. The maximum Gasteiger partial charge on any atom is 0.138 e. The van der Waals surface area contributed by atoms with E-state index in [-0.39, 0.29) is 11.4 Å². The van der Waals surface area contributed by atoms with Crippen LogP contribution in [0.1, 0.15) is 0 Å². The molecule has 0 saturated heterocycles. The normalized spacial score (nSPS) is 10.6. The van der Waals surface area contributed by atoms with Gasteiger partial charge >= 0.3 is 0 Å². The summed E-state index contributed by atoms with van der Waals surface area (Å²) in [6.07, 6.45) is 1.22. The van der Waals surface area contributed by atoms with Gasteiger partial charge in [0, 0.05) is 12.1 Å². The van der Waals surface area contributed by atoms with Crippen molar-refractivity contribution in [2.75, 3.05) is 5.73 Å². The van der Waals surface area contributed by atoms with Gasteiger partial charge in [-0.2, -0.15) is 5.10 Å². The van der Waals surface area contributed by atoms with Gasteiger partial charge in [0.15, 0.2) is 0 Å². The highest BCUT2D eigenvalue weighted by atomic mass is 19.1. The zero-order valence-electron chi connectivity index (χ0n) is 7.39. The van der Waals surface area contributed by atoms with Crippen molar-refractivity contribution in [3.05, 3.63) is 35.8 Å². The van der Waals surface area contributed by atoms with Crippen molar-refractivity contribution < 1.29 is 13.2 Å². The first kappa shape index (κ1) is 9.57. The van der Waals surface area contributed by atoms with Gasteiger partial charge in [-0.25, -0.2) is 13.2 Å². The van der Waals surface area contributed by atoms with Gasteiger partial charge in [0.1, 0.15) is 17.5 Å². The molecule has 2 aromatic rings. The Hall–Kier alpha value is -1.98. The Morgan fingerprint density at radius 3 is 2.20 bits per heavy atom. The summed E-state index contributed by atoms with van der Waals surface area (Å²) in [6.45, 7) is 0. The van der Waals surface area contributed by atoms with E-state index in [0.717, 1.165) is 0 Å². The molecule has 15 heavy (non-hydrogen) atoms. The van der Waals surface area contributed by atoms with Crippen molar-refractivity contribution in [2.24, 2.45) is 0 Å². The summed E-state index contributed by atoms with van der Waals surface area (Å²) < 4.78 is 39.2. The number of aromatic nitrogens is 2. The van der Waals surface area contributed by atoms with E-state index in [0.29, 0.717) is 12.1 Å². The van der Waals surface area contributed by atoms with Crippen molar-refractivity contribution in [1.29, 1.82) is 0 Å². The van der Waals surface area contributed by atoms with Gasteiger partial charge in [-0.1, -0.05) is 0 Å². The van der Waals surface area contributed by atoms with E-state index in [1.54, 1.807) is 0 Å². The Labute approximate surface area is 82.7 Å². The third-order valence-corrected chi connectivity index (χ3v) is 1.93. The molecule has 3 N–H and O–H groups in total. The van der Waals surface area contributed by atoms with Gasteiger partial charge in [-0.05, 0) is 0 Å². The molecule has 2 rings (SSSR count). The molecule has 0 saturated carbocycles. The van der Waals surface area contributed by atoms with Crippen LogP contribution < -0.4 is 5.73 Å². The summed E-state index contributed by atoms with van der Waals surface area (Å²) in [5, 5.41) is 5.87. The number of anilines is 1. The molecule has 0 aliphatic rings. The first-order valence-electron chi connectivity index (χ1n) is 4.03. The fourth-order valence-corrected chi connectivity index (χ4v) is 1.28. The Balaban J connectivity index is 2.68. The Morgan fingerprint density at radius 1 is 1.13 bits per heavy atom. The van der Waals surface area contributed by atoms with Crippen molar-refractivity contribution >= 4 is 5.69 Å². The molecule has 3 nitrogen and oxygen atoms in total. The van der Waals surface area contributed by atoms with Crippen LogP contribution in [0.15, 0.2) is 18.3 Å². The largest absolute Gasteiger partial charge is 0.396 e. The number of benzene rings is 1. The average molecular weight is 213 g/mol. The van der Waals surface area contributed by atoms with E-state index < -0.39 is 23.0 Å². The number of nitrogens with two attached hydrogens (primary N) is 1. The fraction of sp³-hybridized carbons (Fsp3) is 0. The minimum Gasteiger partial charge on any atom is -0.396 e. The van der Waals surface area contributed by atoms with Crippen LogP contribution >= 0.6 is 0 Å². The molecular formula is C9H6F3N3. The van der Waals surface area contributed by atoms with E-state index in [1.807, 2.05) is 0 Å². The lowest BCUT2D eigenvalue weighted by atomic mass is 10.1. The standard InChI is InChI=1S/C9H6F3N3/c10-4-1-5(11)8(6(12)2-4)9-7(13)3-14-15-9/h1-3H,13H2,(H,14,15). The second-order valence-electron chi connectivity index (χ2n) is 2.94. The van der Waals surface area contributed by atoms with E-state index in [9.17, 15) is 13.2 Å². The summed E-state index contributed by atoms with van der Waals surface area (Å²) in [5.41, 5.74) is 5.12. The van der Waals surface area contributed by atoms with E-state index in [1.165, 1.54) is 6.20 Å². The van der Waals surface area contributed by atoms with Gasteiger partial charge in [0.25, 0.3) is 0 Å². The monoisotopic (exact) mass is 213 g/mol. The molecule has 0 unspecified atom stereocenters. The third-order valence-electron chi connectivity index (χ3n) is 1.93. The zero-order valence-corrected chi connectivity index (χ0v) is 7.39. The van der Waals surface area contributed by atoms with Crippen LogP contribution in [0.25, 0.3) is 11.3 Å². The third kappa shape index (κ3) is 1.54. The van der Waals surface area contributed by atoms with E-state index in [4.69, 9.17) is 5.73 Å². The van der Waals surface area contributed by atoms with Crippen LogP contribution in [0, 0.1) is 17.5 Å². The second-order valence-corrected chi connectivity index (χ2v) is 2.94. The van der Waals surface area contributed by atoms with Crippen molar-refractivity contribution in [2.45, 2.75) is 0 Å². The van der Waals surface area contributed by atoms with Crippen LogP contribution in [-0.2, 0) is 0 Å². The molecule has 78 valence electrons. The summed E-state index contributed by atoms with van der Waals surface area (Å²) in [5.74, 6) is -3.03. The van der Waals surface area contributed by atoms with Gasteiger partial charge in [-0.3, -0.25) is 5.10 Å². The predicted octanol–water partition coefficient (Wildman–Crippen LogP) is 2.08. The number of H-pyrrole nitrogens is 1. The molecule has 0 atom stereocenters. The molecule has 1 aromatic carbocycles. The summed E-state index contributed by atoms with van der Waals surface area (Å²) in [7, 11) is 0. The lowest BCUT2D eigenvalue weighted by Crippen LogP contribution is -1.95. The molecule has 0 aliphatic heterocycles. The molecule has 1 aromatic heterocycles. The van der Waals surface area contributed by atoms with Crippen LogP contribution in [0.3, 0.4) is 0 Å². The lowest BCUT2D eigenvalue weighted by molar-refractivity contribution is 0.547. The summed E-state index contributed by atoms with van der Waals surface area (Å²) in [4.78, 5) is 0. The molecule has 0 radical (unpaired) electrons. The number of halogens is 3. The topological polar surface area (TPSA) is 54.7 Å². The van der Waals surface area contributed by atoms with Crippen molar-refractivity contribution in [1.82, 2.24) is 10.2 Å². The van der Waals surface area contributed by atoms with Gasteiger partial charge < -0.3 is 5.73 Å². The number of hydrogen-bond acceptors (Lipinski definition) is 2. The lowest BCUT2D eigenvalue weighted by Gasteiger charge is -2.03. The highest BCUT2D eigenvalue weighted by molar-refractivity contribution is 5.72. The molecule has 0 fully saturated rings. The first-order valence-corrected chi connectivity index (χ1v) is 4.03. The molecule has 1 heterocycles. The number of aromatic amines is 1. The fourth-order valence-electron chi connectivity index (χ4n) is 1.28. The first-order chi connectivity index (χ1) is 7.09. The SMILES string of the molecule is Nc1cn[nH]c1-c1c(F)cc(F)cc1F. The smallest absolute Gasteiger partial charge is 0.138 e. The van der Waals surface area contributed by atoms with Crippen molar-refractivity contribution in [3.63, 3.8) is 0 Å². The number of rotatable bonds is 1. The zero-order chi connectivity index (χ0) is 11.0. The van der Waals surface area contributed by atoms with Crippen LogP contribution in [0.5, 0.6) is 0 Å². The van der Waals surface area contributed by atoms with Crippen LogP contribution in [0.4, 0.5) is 18.9 Å². The summed E-state index contributed by atoms with van der Waals surface area (Å²) >= 11 is 0. The van der Waals surface area contributed by atoms with E-state index >= 15 is 0 Å². The molecule has 0 bridgehead atoms. The number of nitrogen functional groups attached to an aromatic ring is 1. The average Bonchev–Trinajstić information content (AvgIpc) is 2.50. The highest BCUT2D eigenvalue weighted by Gasteiger charge is 2.16. The highest BCUT2D eigenvalue weighted by Crippen LogP contribution is 2.28. The molecular weight excluding hydrogens is 207 g/mol. The quantitative estimate of drug-likeness (QED) is 0.761. The van der Waals surface area contributed by atoms with Crippen molar-refractivity contribution in [3.8, 4) is 11.3 Å². The molecule has 0 amide bonds. The molecule has 0 aliphatic carbocycles. The number of hydrogen-bond donors (Lipinski definition) is 2. The van der Waals surface area contributed by atoms with Gasteiger partial charge in [0.2, 0.25) is 0 Å². The van der Waals surface area contributed by atoms with Gasteiger partial charge in [-0.15, -0.1) is 0 Å². The summed E-state index contributed by atoms with van der Waals surface area (Å²) in [6, 6.07) is 1.16.